The van der Waals surface area contributed by atoms with Gasteiger partial charge in [-0.15, -0.1) is 0 Å². The van der Waals surface area contributed by atoms with Gasteiger partial charge in [-0.25, -0.2) is 4.98 Å². The Morgan fingerprint density at radius 3 is 2.44 bits per heavy atom. The summed E-state index contributed by atoms with van der Waals surface area (Å²) >= 11 is 0. The van der Waals surface area contributed by atoms with Crippen LogP contribution in [0.5, 0.6) is 5.75 Å². The third-order valence-electron chi connectivity index (χ3n) is 4.65. The van der Waals surface area contributed by atoms with E-state index in [4.69, 9.17) is 4.74 Å². The van der Waals surface area contributed by atoms with Gasteiger partial charge in [0.25, 0.3) is 5.91 Å². The topological polar surface area (TPSA) is 54.5 Å². The molecule has 5 nitrogen and oxygen atoms in total. The first-order valence-electron chi connectivity index (χ1n) is 8.83. The average molecular weight is 339 g/mol. The van der Waals surface area contributed by atoms with E-state index in [1.54, 1.807) is 13.3 Å². The van der Waals surface area contributed by atoms with Gasteiger partial charge in [0.05, 0.1) is 18.7 Å². The van der Waals surface area contributed by atoms with Gasteiger partial charge in [0.1, 0.15) is 11.6 Å². The Hall–Kier alpha value is -2.56. The minimum Gasteiger partial charge on any atom is -0.497 e. The monoisotopic (exact) mass is 339 g/mol. The molecule has 1 unspecified atom stereocenters. The third kappa shape index (κ3) is 4.29. The maximum Gasteiger partial charge on any atom is 0.253 e. The number of carbonyl (C=O) groups excluding carboxylic acids is 1. The van der Waals surface area contributed by atoms with Crippen LogP contribution >= 0.6 is 0 Å². The molecule has 1 aromatic carbocycles. The number of ether oxygens (including phenoxy) is 1. The Bertz CT molecular complexity index is 692. The van der Waals surface area contributed by atoms with Gasteiger partial charge in [0, 0.05) is 19.3 Å². The second-order valence-corrected chi connectivity index (χ2v) is 6.42. The van der Waals surface area contributed by atoms with Gasteiger partial charge in [0.2, 0.25) is 0 Å². The molecule has 1 N–H and O–H groups in total. The molecule has 1 amide bonds. The zero-order chi connectivity index (χ0) is 17.6. The predicted molar refractivity (Wildman–Crippen MR) is 99.2 cm³/mol. The first-order chi connectivity index (χ1) is 12.2. The number of hydrogen-bond donors (Lipinski definition) is 1. The molecule has 0 radical (unpaired) electrons. The number of rotatable bonds is 5. The lowest BCUT2D eigenvalue weighted by Gasteiger charge is -2.27. The maximum atomic E-state index is 12.4. The Morgan fingerprint density at radius 1 is 1.12 bits per heavy atom. The average Bonchev–Trinajstić information content (AvgIpc) is 2.68. The van der Waals surface area contributed by atoms with Crippen molar-refractivity contribution >= 4 is 11.7 Å². The molecule has 2 heterocycles. The van der Waals surface area contributed by atoms with E-state index >= 15 is 0 Å². The van der Waals surface area contributed by atoms with Crippen molar-refractivity contribution in [3.63, 3.8) is 0 Å². The highest BCUT2D eigenvalue weighted by Gasteiger charge is 2.15. The lowest BCUT2D eigenvalue weighted by molar-refractivity contribution is 0.0939. The van der Waals surface area contributed by atoms with Crippen molar-refractivity contribution in [1.29, 1.82) is 0 Å². The molecule has 1 aliphatic rings. The number of aromatic nitrogens is 1. The molecule has 1 atom stereocenters. The quantitative estimate of drug-likeness (QED) is 0.905. The summed E-state index contributed by atoms with van der Waals surface area (Å²) in [5.41, 5.74) is 1.62. The zero-order valence-electron chi connectivity index (χ0n) is 14.9. The van der Waals surface area contributed by atoms with E-state index in [9.17, 15) is 4.79 Å². The Balaban J connectivity index is 1.61. The molecule has 25 heavy (non-hydrogen) atoms. The minimum absolute atomic E-state index is 0.0832. The maximum absolute atomic E-state index is 12.4. The predicted octanol–water partition coefficient (Wildman–Crippen LogP) is 3.57. The third-order valence-corrected chi connectivity index (χ3v) is 4.65. The summed E-state index contributed by atoms with van der Waals surface area (Å²) in [6.07, 6.45) is 5.38. The van der Waals surface area contributed by atoms with Gasteiger partial charge in [-0.05, 0) is 56.0 Å². The van der Waals surface area contributed by atoms with Crippen LogP contribution in [-0.2, 0) is 0 Å². The Morgan fingerprint density at radius 2 is 1.84 bits per heavy atom. The lowest BCUT2D eigenvalue weighted by atomic mass is 10.1. The number of hydrogen-bond acceptors (Lipinski definition) is 4. The van der Waals surface area contributed by atoms with Crippen LogP contribution in [0.2, 0.25) is 0 Å². The summed E-state index contributed by atoms with van der Waals surface area (Å²) in [4.78, 5) is 19.2. The second-order valence-electron chi connectivity index (χ2n) is 6.42. The van der Waals surface area contributed by atoms with Crippen molar-refractivity contribution < 1.29 is 9.53 Å². The number of carbonyl (C=O) groups is 1. The van der Waals surface area contributed by atoms with E-state index < -0.39 is 0 Å². The number of pyridine rings is 1. The summed E-state index contributed by atoms with van der Waals surface area (Å²) in [6.45, 7) is 4.06. The standard InChI is InChI=1S/C20H25N3O2/c1-15(16-6-9-18(25-2)10-7-16)22-20(24)17-8-11-19(21-14-17)23-12-4-3-5-13-23/h6-11,14-15H,3-5,12-13H2,1-2H3,(H,22,24). The van der Waals surface area contributed by atoms with Crippen molar-refractivity contribution in [2.45, 2.75) is 32.2 Å². The Labute approximate surface area is 149 Å². The van der Waals surface area contributed by atoms with E-state index in [0.29, 0.717) is 5.56 Å². The van der Waals surface area contributed by atoms with Gasteiger partial charge in [-0.3, -0.25) is 4.79 Å². The van der Waals surface area contributed by atoms with E-state index in [0.717, 1.165) is 30.2 Å². The fourth-order valence-electron chi connectivity index (χ4n) is 3.09. The van der Waals surface area contributed by atoms with E-state index in [2.05, 4.69) is 15.2 Å². The van der Waals surface area contributed by atoms with E-state index in [1.807, 2.05) is 43.3 Å². The van der Waals surface area contributed by atoms with Crippen LogP contribution in [0.25, 0.3) is 0 Å². The molecule has 0 aliphatic carbocycles. The second kappa shape index (κ2) is 8.01. The molecule has 2 aromatic rings. The number of anilines is 1. The number of nitrogens with one attached hydrogen (secondary N) is 1. The summed E-state index contributed by atoms with van der Waals surface area (Å²) < 4.78 is 5.16. The van der Waals surface area contributed by atoms with Gasteiger partial charge in [-0.1, -0.05) is 12.1 Å². The van der Waals surface area contributed by atoms with Crippen LogP contribution in [0, 0.1) is 0 Å². The summed E-state index contributed by atoms with van der Waals surface area (Å²) in [7, 11) is 1.64. The van der Waals surface area contributed by atoms with Gasteiger partial charge < -0.3 is 15.0 Å². The molecular weight excluding hydrogens is 314 g/mol. The van der Waals surface area contributed by atoms with Gasteiger partial charge in [0.15, 0.2) is 0 Å². The zero-order valence-corrected chi connectivity index (χ0v) is 14.9. The first-order valence-corrected chi connectivity index (χ1v) is 8.83. The van der Waals surface area contributed by atoms with Crippen LogP contribution in [-0.4, -0.2) is 31.1 Å². The molecule has 0 bridgehead atoms. The molecule has 0 spiro atoms. The number of nitrogens with zero attached hydrogens (tertiary/aromatic N) is 2. The van der Waals surface area contributed by atoms with Crippen molar-refractivity contribution in [2.24, 2.45) is 0 Å². The Kier molecular flexibility index (Phi) is 5.53. The van der Waals surface area contributed by atoms with Gasteiger partial charge in [-0.2, -0.15) is 0 Å². The molecule has 3 rings (SSSR count). The first kappa shape index (κ1) is 17.3. The van der Waals surface area contributed by atoms with Crippen molar-refractivity contribution in [2.75, 3.05) is 25.1 Å². The van der Waals surface area contributed by atoms with Crippen LogP contribution in [0.15, 0.2) is 42.6 Å². The SMILES string of the molecule is COc1ccc(C(C)NC(=O)c2ccc(N3CCCCC3)nc2)cc1. The summed E-state index contributed by atoms with van der Waals surface area (Å²) in [5.74, 6) is 1.65. The number of piperidine rings is 1. The van der Waals surface area contributed by atoms with Crippen LogP contribution in [0.3, 0.4) is 0 Å². The van der Waals surface area contributed by atoms with E-state index in [1.165, 1.54) is 19.3 Å². The van der Waals surface area contributed by atoms with Gasteiger partial charge >= 0.3 is 0 Å². The number of amides is 1. The molecule has 0 saturated carbocycles. The minimum atomic E-state index is -0.110. The largest absolute Gasteiger partial charge is 0.497 e. The summed E-state index contributed by atoms with van der Waals surface area (Å²) in [5, 5.41) is 3.02. The lowest BCUT2D eigenvalue weighted by Crippen LogP contribution is -2.30. The molecule has 1 aliphatic heterocycles. The highest BCUT2D eigenvalue weighted by Crippen LogP contribution is 2.19. The summed E-state index contributed by atoms with van der Waals surface area (Å²) in [6, 6.07) is 11.4. The highest BCUT2D eigenvalue weighted by molar-refractivity contribution is 5.94. The molecule has 1 fully saturated rings. The molecule has 132 valence electrons. The van der Waals surface area contributed by atoms with Crippen molar-refractivity contribution in [3.05, 3.63) is 53.7 Å². The highest BCUT2D eigenvalue weighted by atomic mass is 16.5. The number of benzene rings is 1. The van der Waals surface area contributed by atoms with Crippen molar-refractivity contribution in [3.8, 4) is 5.75 Å². The van der Waals surface area contributed by atoms with Crippen LogP contribution in [0.4, 0.5) is 5.82 Å². The van der Waals surface area contributed by atoms with Crippen molar-refractivity contribution in [1.82, 2.24) is 10.3 Å². The normalized spacial score (nSPS) is 15.5. The van der Waals surface area contributed by atoms with Crippen LogP contribution < -0.4 is 15.0 Å². The molecular formula is C20H25N3O2. The number of methoxy groups -OCH3 is 1. The fraction of sp³-hybridized carbons (Fsp3) is 0.400. The molecule has 1 aromatic heterocycles. The smallest absolute Gasteiger partial charge is 0.253 e. The molecule has 1 saturated heterocycles. The fourth-order valence-corrected chi connectivity index (χ4v) is 3.09. The van der Waals surface area contributed by atoms with E-state index in [-0.39, 0.29) is 11.9 Å². The van der Waals surface area contributed by atoms with Crippen LogP contribution in [0.1, 0.15) is 48.1 Å². The molecule has 5 heteroatoms.